The lowest BCUT2D eigenvalue weighted by Crippen LogP contribution is -2.43. The molecular weight excluding hydrogens is 404 g/mol. The van der Waals surface area contributed by atoms with Gasteiger partial charge in [-0.15, -0.1) is 0 Å². The molecule has 2 aromatic carbocycles. The second kappa shape index (κ2) is 8.54. The van der Waals surface area contributed by atoms with Crippen LogP contribution in [0.4, 0.5) is 26.3 Å². The summed E-state index contributed by atoms with van der Waals surface area (Å²) >= 11 is 0. The Kier molecular flexibility index (Phi) is 6.55. The smallest absolute Gasteiger partial charge is 0.416 e. The summed E-state index contributed by atoms with van der Waals surface area (Å²) in [5.41, 5.74) is -3.05. The average Bonchev–Trinajstić information content (AvgIpc) is 2.60. The minimum atomic E-state index is -5.04. The topological polar surface area (TPSA) is 66.4 Å². The molecule has 156 valence electrons. The van der Waals surface area contributed by atoms with Crippen molar-refractivity contribution in [2.75, 3.05) is 0 Å². The normalized spacial score (nSPS) is 13.0. The van der Waals surface area contributed by atoms with Crippen molar-refractivity contribution in [2.24, 2.45) is 0 Å². The molecule has 0 aliphatic heterocycles. The zero-order valence-corrected chi connectivity index (χ0v) is 14.6. The molecule has 0 heterocycles. The van der Waals surface area contributed by atoms with E-state index in [-0.39, 0.29) is 12.5 Å². The minimum absolute atomic E-state index is 0.0448. The fraction of sp³-hybridized carbons (Fsp3) is 0.263. The summed E-state index contributed by atoms with van der Waals surface area (Å²) in [6.07, 6.45) is -11.0. The van der Waals surface area contributed by atoms with Crippen molar-refractivity contribution in [2.45, 2.75) is 31.2 Å². The summed E-state index contributed by atoms with van der Waals surface area (Å²) in [4.78, 5) is 23.5. The van der Waals surface area contributed by atoms with Crippen molar-refractivity contribution in [3.05, 3.63) is 70.8 Å². The minimum Gasteiger partial charge on any atom is -0.480 e. The van der Waals surface area contributed by atoms with E-state index in [0.29, 0.717) is 17.7 Å². The number of nitrogens with one attached hydrogen (secondary N) is 1. The highest BCUT2D eigenvalue weighted by Crippen LogP contribution is 2.36. The maximum absolute atomic E-state index is 12.9. The van der Waals surface area contributed by atoms with E-state index < -0.39 is 53.4 Å². The number of carboxylic acid groups (broad SMARTS) is 1. The number of hydrogen-bond donors (Lipinski definition) is 2. The molecule has 10 heteroatoms. The van der Waals surface area contributed by atoms with Gasteiger partial charge in [-0.1, -0.05) is 30.3 Å². The van der Waals surface area contributed by atoms with Gasteiger partial charge in [0, 0.05) is 6.42 Å². The number of carbonyl (C=O) groups is 2. The van der Waals surface area contributed by atoms with E-state index in [0.717, 1.165) is 0 Å². The maximum atomic E-state index is 12.9. The Bertz CT molecular complexity index is 845. The Balaban J connectivity index is 2.21. The Morgan fingerprint density at radius 3 is 1.83 bits per heavy atom. The van der Waals surface area contributed by atoms with Crippen molar-refractivity contribution in [3.8, 4) is 0 Å². The number of carboxylic acids is 1. The quantitative estimate of drug-likeness (QED) is 0.694. The summed E-state index contributed by atoms with van der Waals surface area (Å²) in [5.74, 6) is -2.40. The standard InChI is InChI=1S/C19H15F6NO3/c20-18(21,22)13-6-12(7-14(10-13)19(23,24)25)9-16(27)26-15(17(28)29)8-11-4-2-1-3-5-11/h1-7,10,15H,8-9H2,(H,26,27)(H,28,29). The Hall–Kier alpha value is -3.04. The van der Waals surface area contributed by atoms with Crippen LogP contribution in [0.5, 0.6) is 0 Å². The van der Waals surface area contributed by atoms with Gasteiger partial charge in [-0.25, -0.2) is 4.79 Å². The molecule has 29 heavy (non-hydrogen) atoms. The van der Waals surface area contributed by atoms with Crippen molar-refractivity contribution in [1.82, 2.24) is 5.32 Å². The van der Waals surface area contributed by atoms with Crippen molar-refractivity contribution >= 4 is 11.9 Å². The number of carbonyl (C=O) groups excluding carboxylic acids is 1. The average molecular weight is 419 g/mol. The van der Waals surface area contributed by atoms with Crippen LogP contribution >= 0.6 is 0 Å². The van der Waals surface area contributed by atoms with Gasteiger partial charge in [-0.3, -0.25) is 4.79 Å². The van der Waals surface area contributed by atoms with Crippen LogP contribution < -0.4 is 5.32 Å². The molecule has 2 rings (SSSR count). The van der Waals surface area contributed by atoms with Crippen LogP contribution in [0.1, 0.15) is 22.3 Å². The maximum Gasteiger partial charge on any atom is 0.416 e. The van der Waals surface area contributed by atoms with Crippen LogP contribution in [0.15, 0.2) is 48.5 Å². The van der Waals surface area contributed by atoms with E-state index in [4.69, 9.17) is 0 Å². The second-order valence-electron chi connectivity index (χ2n) is 6.24. The van der Waals surface area contributed by atoms with Crippen molar-refractivity contribution in [1.29, 1.82) is 0 Å². The van der Waals surface area contributed by atoms with Gasteiger partial charge in [-0.2, -0.15) is 26.3 Å². The molecule has 0 spiro atoms. The molecule has 4 nitrogen and oxygen atoms in total. The summed E-state index contributed by atoms with van der Waals surface area (Å²) in [7, 11) is 0. The monoisotopic (exact) mass is 419 g/mol. The van der Waals surface area contributed by atoms with Gasteiger partial charge in [0.2, 0.25) is 5.91 Å². The number of benzene rings is 2. The van der Waals surface area contributed by atoms with Crippen LogP contribution in [-0.4, -0.2) is 23.0 Å². The van der Waals surface area contributed by atoms with Gasteiger partial charge >= 0.3 is 18.3 Å². The molecule has 0 saturated carbocycles. The summed E-state index contributed by atoms with van der Waals surface area (Å²) in [6.45, 7) is 0. The van der Waals surface area contributed by atoms with Crippen LogP contribution in [-0.2, 0) is 34.8 Å². The molecule has 0 aromatic heterocycles. The first-order chi connectivity index (χ1) is 13.4. The van der Waals surface area contributed by atoms with Crippen LogP contribution in [0.2, 0.25) is 0 Å². The highest BCUT2D eigenvalue weighted by atomic mass is 19.4. The number of hydrogen-bond acceptors (Lipinski definition) is 2. The molecule has 1 unspecified atom stereocenters. The van der Waals surface area contributed by atoms with Gasteiger partial charge in [0.15, 0.2) is 0 Å². The third-order valence-electron chi connectivity index (χ3n) is 3.93. The molecule has 0 aliphatic carbocycles. The lowest BCUT2D eigenvalue weighted by atomic mass is 10.0. The largest absolute Gasteiger partial charge is 0.480 e. The molecule has 0 aliphatic rings. The zero-order valence-electron chi connectivity index (χ0n) is 14.6. The SMILES string of the molecule is O=C(Cc1cc(C(F)(F)F)cc(C(F)(F)F)c1)NC(Cc1ccccc1)C(=O)O. The van der Waals surface area contributed by atoms with Gasteiger partial charge in [-0.05, 0) is 29.3 Å². The van der Waals surface area contributed by atoms with Gasteiger partial charge < -0.3 is 10.4 Å². The predicted octanol–water partition coefficient (Wildman–Crippen LogP) is 4.08. The summed E-state index contributed by atoms with van der Waals surface area (Å²) < 4.78 is 77.3. The molecule has 2 N–H and O–H groups in total. The lowest BCUT2D eigenvalue weighted by molar-refractivity contribution is -0.143. The van der Waals surface area contributed by atoms with Crippen molar-refractivity contribution < 1.29 is 41.0 Å². The third-order valence-corrected chi connectivity index (χ3v) is 3.93. The highest BCUT2D eigenvalue weighted by Gasteiger charge is 2.37. The third kappa shape index (κ3) is 6.51. The number of alkyl halides is 6. The molecule has 0 radical (unpaired) electrons. The summed E-state index contributed by atoms with van der Waals surface area (Å²) in [5, 5.41) is 11.4. The van der Waals surface area contributed by atoms with Gasteiger partial charge in [0.1, 0.15) is 6.04 Å². The van der Waals surface area contributed by atoms with Gasteiger partial charge in [0.25, 0.3) is 0 Å². The first-order valence-electron chi connectivity index (χ1n) is 8.20. The molecule has 0 saturated heterocycles. The first-order valence-corrected chi connectivity index (χ1v) is 8.20. The number of amides is 1. The van der Waals surface area contributed by atoms with E-state index in [1.54, 1.807) is 30.3 Å². The highest BCUT2D eigenvalue weighted by molar-refractivity contribution is 5.85. The molecule has 1 amide bonds. The van der Waals surface area contributed by atoms with Crippen LogP contribution in [0.25, 0.3) is 0 Å². The van der Waals surface area contributed by atoms with E-state index in [2.05, 4.69) is 5.32 Å². The first kappa shape index (κ1) is 22.3. The molecule has 1 atom stereocenters. The van der Waals surface area contributed by atoms with Crippen molar-refractivity contribution in [3.63, 3.8) is 0 Å². The number of halogens is 6. The van der Waals surface area contributed by atoms with Crippen LogP contribution in [0.3, 0.4) is 0 Å². The Labute approximate surface area is 161 Å². The zero-order chi connectivity index (χ0) is 21.8. The second-order valence-corrected chi connectivity index (χ2v) is 6.24. The Morgan fingerprint density at radius 1 is 0.862 bits per heavy atom. The molecule has 0 bridgehead atoms. The molecule has 0 fully saturated rings. The predicted molar refractivity (Wildman–Crippen MR) is 89.9 cm³/mol. The summed E-state index contributed by atoms with van der Waals surface area (Å²) in [6, 6.07) is 7.66. The molecule has 2 aromatic rings. The van der Waals surface area contributed by atoms with E-state index in [9.17, 15) is 41.0 Å². The van der Waals surface area contributed by atoms with E-state index in [1.165, 1.54) is 0 Å². The Morgan fingerprint density at radius 2 is 1.38 bits per heavy atom. The lowest BCUT2D eigenvalue weighted by Gasteiger charge is -2.16. The van der Waals surface area contributed by atoms with E-state index >= 15 is 0 Å². The number of aliphatic carboxylic acids is 1. The fourth-order valence-corrected chi connectivity index (χ4v) is 2.60. The molecular formula is C19H15F6NO3. The number of rotatable bonds is 6. The van der Waals surface area contributed by atoms with Crippen LogP contribution in [0, 0.1) is 0 Å². The fourth-order valence-electron chi connectivity index (χ4n) is 2.60. The van der Waals surface area contributed by atoms with Gasteiger partial charge in [0.05, 0.1) is 17.5 Å². The van der Waals surface area contributed by atoms with E-state index in [1.807, 2.05) is 0 Å².